The minimum absolute atomic E-state index is 0.0351. The van der Waals surface area contributed by atoms with Gasteiger partial charge in [0.25, 0.3) is 0 Å². The molecule has 0 radical (unpaired) electrons. The number of urea groups is 1. The van der Waals surface area contributed by atoms with Crippen molar-refractivity contribution < 1.29 is 13.2 Å². The van der Waals surface area contributed by atoms with Gasteiger partial charge in [-0.2, -0.15) is 5.10 Å². The minimum Gasteiger partial charge on any atom is -0.306 e. The number of nitrogens with one attached hydrogen (secondary N) is 2. The molecule has 2 N–H and O–H groups in total. The van der Waals surface area contributed by atoms with Gasteiger partial charge in [0.1, 0.15) is 0 Å². The van der Waals surface area contributed by atoms with Crippen LogP contribution in [0.2, 0.25) is 0 Å². The Morgan fingerprint density at radius 2 is 1.92 bits per heavy atom. The number of carbonyl (C=O) groups excluding carboxylic acids is 1. The molecule has 1 aliphatic rings. The summed E-state index contributed by atoms with van der Waals surface area (Å²) >= 11 is 0. The van der Waals surface area contributed by atoms with Crippen molar-refractivity contribution in [3.63, 3.8) is 0 Å². The summed E-state index contributed by atoms with van der Waals surface area (Å²) in [6.45, 7) is 1.93. The normalized spacial score (nSPS) is 15.3. The lowest BCUT2D eigenvalue weighted by molar-refractivity contribution is 0.262. The highest BCUT2D eigenvalue weighted by molar-refractivity contribution is 7.90. The number of aromatic nitrogens is 3. The summed E-state index contributed by atoms with van der Waals surface area (Å²) in [5, 5.41) is 9.76. The molecule has 3 rings (SSSR count). The van der Waals surface area contributed by atoms with Gasteiger partial charge in [-0.15, -0.1) is 0 Å². The summed E-state index contributed by atoms with van der Waals surface area (Å²) in [7, 11) is -3.36. The standard InChI is InChI=1S/C16H21N5O3S/c1-11-14(10-18-21(11)13-5-3-4-6-13)20-16(22)19-12-7-8-15(17-9-12)25(2,23)24/h7-10,13H,3-6H2,1-2H3,(H2,19,20,22). The van der Waals surface area contributed by atoms with E-state index in [1.807, 2.05) is 11.6 Å². The van der Waals surface area contributed by atoms with Crippen molar-refractivity contribution in [3.8, 4) is 0 Å². The Morgan fingerprint density at radius 1 is 1.20 bits per heavy atom. The van der Waals surface area contributed by atoms with E-state index in [9.17, 15) is 13.2 Å². The molecule has 9 heteroatoms. The number of anilines is 2. The van der Waals surface area contributed by atoms with Crippen molar-refractivity contribution in [1.82, 2.24) is 14.8 Å². The summed E-state index contributed by atoms with van der Waals surface area (Å²) < 4.78 is 24.7. The first-order valence-electron chi connectivity index (χ1n) is 8.13. The van der Waals surface area contributed by atoms with Crippen LogP contribution in [0.15, 0.2) is 29.6 Å². The van der Waals surface area contributed by atoms with Gasteiger partial charge in [0.05, 0.1) is 35.5 Å². The van der Waals surface area contributed by atoms with Gasteiger partial charge < -0.3 is 10.6 Å². The molecule has 0 atom stereocenters. The molecule has 1 aliphatic carbocycles. The lowest BCUT2D eigenvalue weighted by Gasteiger charge is -2.13. The highest BCUT2D eigenvalue weighted by Gasteiger charge is 2.21. The van der Waals surface area contributed by atoms with Gasteiger partial charge in [0.2, 0.25) is 0 Å². The van der Waals surface area contributed by atoms with E-state index in [1.165, 1.54) is 31.2 Å². The molecule has 25 heavy (non-hydrogen) atoms. The van der Waals surface area contributed by atoms with Crippen LogP contribution in [-0.4, -0.2) is 35.5 Å². The molecule has 0 aliphatic heterocycles. The molecule has 0 spiro atoms. The Labute approximate surface area is 146 Å². The van der Waals surface area contributed by atoms with Crippen molar-refractivity contribution in [2.24, 2.45) is 0 Å². The lowest BCUT2D eigenvalue weighted by atomic mass is 10.2. The SMILES string of the molecule is Cc1c(NC(=O)Nc2ccc(S(C)(=O)=O)nc2)cnn1C1CCCC1. The molecule has 8 nitrogen and oxygen atoms in total. The maximum Gasteiger partial charge on any atom is 0.323 e. The predicted molar refractivity (Wildman–Crippen MR) is 94.5 cm³/mol. The van der Waals surface area contributed by atoms with Crippen LogP contribution in [0.3, 0.4) is 0 Å². The monoisotopic (exact) mass is 363 g/mol. The topological polar surface area (TPSA) is 106 Å². The number of nitrogens with zero attached hydrogens (tertiary/aromatic N) is 3. The number of hydrogen-bond acceptors (Lipinski definition) is 5. The quantitative estimate of drug-likeness (QED) is 0.869. The molecule has 0 saturated heterocycles. The molecular formula is C16H21N5O3S. The molecule has 0 bridgehead atoms. The summed E-state index contributed by atoms with van der Waals surface area (Å²) in [6.07, 6.45) is 8.70. The molecule has 2 amide bonds. The molecule has 1 fully saturated rings. The Morgan fingerprint density at radius 3 is 2.52 bits per heavy atom. The number of amides is 2. The van der Waals surface area contributed by atoms with Crippen LogP contribution in [0.4, 0.5) is 16.2 Å². The number of hydrogen-bond donors (Lipinski definition) is 2. The van der Waals surface area contributed by atoms with Crippen LogP contribution in [0, 0.1) is 6.92 Å². The summed E-state index contributed by atoms with van der Waals surface area (Å²) in [4.78, 5) is 16.0. The lowest BCUT2D eigenvalue weighted by Crippen LogP contribution is -2.20. The van der Waals surface area contributed by atoms with Crippen LogP contribution >= 0.6 is 0 Å². The second kappa shape index (κ2) is 6.83. The van der Waals surface area contributed by atoms with Gasteiger partial charge in [-0.3, -0.25) is 4.68 Å². The van der Waals surface area contributed by atoms with E-state index >= 15 is 0 Å². The third-order valence-electron chi connectivity index (χ3n) is 4.34. The smallest absolute Gasteiger partial charge is 0.306 e. The molecule has 1 saturated carbocycles. The van der Waals surface area contributed by atoms with E-state index < -0.39 is 15.9 Å². The Balaban J connectivity index is 1.65. The fourth-order valence-electron chi connectivity index (χ4n) is 3.02. The van der Waals surface area contributed by atoms with E-state index in [-0.39, 0.29) is 5.03 Å². The highest BCUT2D eigenvalue weighted by Crippen LogP contribution is 2.31. The number of rotatable bonds is 4. The molecule has 0 unspecified atom stereocenters. The first-order valence-corrected chi connectivity index (χ1v) is 10.0. The zero-order valence-corrected chi connectivity index (χ0v) is 15.0. The predicted octanol–water partition coefficient (Wildman–Crippen LogP) is 2.75. The van der Waals surface area contributed by atoms with Crippen LogP contribution in [0.5, 0.6) is 0 Å². The second-order valence-corrected chi connectivity index (χ2v) is 8.23. The minimum atomic E-state index is -3.36. The average molecular weight is 363 g/mol. The Bertz CT molecular complexity index is 868. The van der Waals surface area contributed by atoms with Gasteiger partial charge in [0, 0.05) is 6.26 Å². The largest absolute Gasteiger partial charge is 0.323 e. The number of carbonyl (C=O) groups is 1. The van der Waals surface area contributed by atoms with E-state index in [2.05, 4.69) is 20.7 Å². The fraction of sp³-hybridized carbons (Fsp3) is 0.438. The number of sulfone groups is 1. The summed E-state index contributed by atoms with van der Waals surface area (Å²) in [5.41, 5.74) is 1.99. The fourth-order valence-corrected chi connectivity index (χ4v) is 3.58. The van der Waals surface area contributed by atoms with Crippen molar-refractivity contribution >= 4 is 27.2 Å². The van der Waals surface area contributed by atoms with Crippen molar-refractivity contribution in [3.05, 3.63) is 30.2 Å². The average Bonchev–Trinajstić information content (AvgIpc) is 3.18. The van der Waals surface area contributed by atoms with E-state index in [1.54, 1.807) is 6.20 Å². The van der Waals surface area contributed by atoms with Gasteiger partial charge >= 0.3 is 6.03 Å². The molecule has 2 aromatic rings. The van der Waals surface area contributed by atoms with Gasteiger partial charge in [-0.1, -0.05) is 12.8 Å². The maximum atomic E-state index is 12.1. The first-order chi connectivity index (χ1) is 11.8. The first kappa shape index (κ1) is 17.4. The molecule has 2 aromatic heterocycles. The van der Waals surface area contributed by atoms with E-state index in [0.29, 0.717) is 17.4 Å². The van der Waals surface area contributed by atoms with Crippen LogP contribution in [-0.2, 0) is 9.84 Å². The van der Waals surface area contributed by atoms with Gasteiger partial charge in [-0.05, 0) is 31.9 Å². The van der Waals surface area contributed by atoms with Crippen LogP contribution in [0.1, 0.15) is 37.4 Å². The third kappa shape index (κ3) is 3.98. The molecule has 134 valence electrons. The van der Waals surface area contributed by atoms with Crippen LogP contribution < -0.4 is 10.6 Å². The zero-order valence-electron chi connectivity index (χ0n) is 14.2. The Kier molecular flexibility index (Phi) is 4.76. The molecule has 0 aromatic carbocycles. The van der Waals surface area contributed by atoms with E-state index in [4.69, 9.17) is 0 Å². The van der Waals surface area contributed by atoms with Gasteiger partial charge in [-0.25, -0.2) is 18.2 Å². The van der Waals surface area contributed by atoms with E-state index in [0.717, 1.165) is 24.8 Å². The zero-order chi connectivity index (χ0) is 18.0. The van der Waals surface area contributed by atoms with Crippen LogP contribution in [0.25, 0.3) is 0 Å². The van der Waals surface area contributed by atoms with Crippen molar-refractivity contribution in [2.45, 2.75) is 43.7 Å². The van der Waals surface area contributed by atoms with Gasteiger partial charge in [0.15, 0.2) is 14.9 Å². The number of pyridine rings is 1. The van der Waals surface area contributed by atoms with Crippen molar-refractivity contribution in [1.29, 1.82) is 0 Å². The van der Waals surface area contributed by atoms with Crippen molar-refractivity contribution in [2.75, 3.05) is 16.9 Å². The maximum absolute atomic E-state index is 12.1. The summed E-state index contributed by atoms with van der Waals surface area (Å²) in [5.74, 6) is 0. The second-order valence-electron chi connectivity index (χ2n) is 6.26. The molecular weight excluding hydrogens is 342 g/mol. The third-order valence-corrected chi connectivity index (χ3v) is 5.34. The summed E-state index contributed by atoms with van der Waals surface area (Å²) in [6, 6.07) is 2.83. The highest BCUT2D eigenvalue weighted by atomic mass is 32.2. The Hall–Kier alpha value is -2.42. The molecule has 2 heterocycles.